The Morgan fingerprint density at radius 3 is 2.54 bits per heavy atom. The van der Waals surface area contributed by atoms with Crippen molar-refractivity contribution in [2.24, 2.45) is 0 Å². The average Bonchev–Trinajstić information content (AvgIpc) is 3.19. The molecule has 3 rings (SSSR count). The summed E-state index contributed by atoms with van der Waals surface area (Å²) >= 11 is 1.15. The molecule has 5 nitrogen and oxygen atoms in total. The van der Waals surface area contributed by atoms with E-state index in [-0.39, 0.29) is 24.1 Å². The molecule has 1 aromatic heterocycles. The predicted molar refractivity (Wildman–Crippen MR) is 86.0 cm³/mol. The van der Waals surface area contributed by atoms with Gasteiger partial charge in [-0.25, -0.2) is 13.8 Å². The fourth-order valence-corrected chi connectivity index (χ4v) is 3.15. The first kappa shape index (κ1) is 16.5. The van der Waals surface area contributed by atoms with Crippen LogP contribution in [-0.4, -0.2) is 22.8 Å². The standard InChI is InChI=1S/C16H15F2N3O2S/c1-8-15(16(23)21-11-2-3-11)24-14(19-8)7-13(22)20-12-5-9(17)4-10(18)6-12/h4-6,11H,2-3,7H2,1H3,(H,20,22)(H,21,23). The predicted octanol–water partition coefficient (Wildman–Crippen LogP) is 2.80. The van der Waals surface area contributed by atoms with Crippen LogP contribution in [0.15, 0.2) is 18.2 Å². The van der Waals surface area contributed by atoms with Gasteiger partial charge in [0.05, 0.1) is 12.1 Å². The van der Waals surface area contributed by atoms with Crippen molar-refractivity contribution in [2.75, 3.05) is 5.32 Å². The van der Waals surface area contributed by atoms with Crippen molar-refractivity contribution in [3.63, 3.8) is 0 Å². The van der Waals surface area contributed by atoms with Gasteiger partial charge in [0.15, 0.2) is 0 Å². The van der Waals surface area contributed by atoms with E-state index >= 15 is 0 Å². The molecule has 1 aromatic carbocycles. The van der Waals surface area contributed by atoms with Gasteiger partial charge in [-0.1, -0.05) is 0 Å². The van der Waals surface area contributed by atoms with E-state index in [4.69, 9.17) is 0 Å². The minimum absolute atomic E-state index is 0.0393. The van der Waals surface area contributed by atoms with Crippen LogP contribution in [0.1, 0.15) is 33.2 Å². The van der Waals surface area contributed by atoms with E-state index in [1.165, 1.54) is 0 Å². The monoisotopic (exact) mass is 351 g/mol. The molecule has 1 heterocycles. The van der Waals surface area contributed by atoms with Crippen molar-refractivity contribution < 1.29 is 18.4 Å². The fourth-order valence-electron chi connectivity index (χ4n) is 2.19. The average molecular weight is 351 g/mol. The number of carbonyl (C=O) groups is 2. The van der Waals surface area contributed by atoms with E-state index in [2.05, 4.69) is 15.6 Å². The third kappa shape index (κ3) is 4.14. The van der Waals surface area contributed by atoms with Gasteiger partial charge >= 0.3 is 0 Å². The van der Waals surface area contributed by atoms with Crippen LogP contribution in [0.3, 0.4) is 0 Å². The van der Waals surface area contributed by atoms with Gasteiger partial charge in [-0.2, -0.15) is 0 Å². The molecule has 2 amide bonds. The first-order valence-corrected chi connectivity index (χ1v) is 8.25. The number of rotatable bonds is 5. The molecule has 0 radical (unpaired) electrons. The Kier molecular flexibility index (Phi) is 4.57. The maximum Gasteiger partial charge on any atom is 0.263 e. The lowest BCUT2D eigenvalue weighted by Crippen LogP contribution is -2.25. The summed E-state index contributed by atoms with van der Waals surface area (Å²) in [7, 11) is 0. The molecule has 0 bridgehead atoms. The van der Waals surface area contributed by atoms with Gasteiger partial charge in [0.1, 0.15) is 21.5 Å². The third-order valence-corrected chi connectivity index (χ3v) is 4.57. The van der Waals surface area contributed by atoms with Gasteiger partial charge in [-0.3, -0.25) is 9.59 Å². The topological polar surface area (TPSA) is 71.1 Å². The van der Waals surface area contributed by atoms with E-state index in [9.17, 15) is 18.4 Å². The molecule has 1 saturated carbocycles. The summed E-state index contributed by atoms with van der Waals surface area (Å²) in [6, 6.07) is 3.03. The molecule has 0 saturated heterocycles. The minimum Gasteiger partial charge on any atom is -0.349 e. The fraction of sp³-hybridized carbons (Fsp3) is 0.312. The van der Waals surface area contributed by atoms with Crippen LogP contribution in [-0.2, 0) is 11.2 Å². The zero-order chi connectivity index (χ0) is 17.3. The molecule has 1 fully saturated rings. The molecular formula is C16H15F2N3O2S. The number of nitrogens with one attached hydrogen (secondary N) is 2. The van der Waals surface area contributed by atoms with Crippen molar-refractivity contribution in [2.45, 2.75) is 32.2 Å². The molecule has 0 atom stereocenters. The van der Waals surface area contributed by atoms with Gasteiger partial charge in [0.2, 0.25) is 5.91 Å². The van der Waals surface area contributed by atoms with Crippen molar-refractivity contribution in [3.05, 3.63) is 45.4 Å². The van der Waals surface area contributed by atoms with Crippen molar-refractivity contribution in [1.29, 1.82) is 0 Å². The summed E-state index contributed by atoms with van der Waals surface area (Å²) in [6.07, 6.45) is 1.91. The van der Waals surface area contributed by atoms with E-state index in [0.717, 1.165) is 42.4 Å². The summed E-state index contributed by atoms with van der Waals surface area (Å²) in [5.74, 6) is -2.17. The second kappa shape index (κ2) is 6.64. The lowest BCUT2D eigenvalue weighted by Gasteiger charge is -2.04. The maximum atomic E-state index is 13.1. The Bertz CT molecular complexity index is 782. The Hall–Kier alpha value is -2.35. The third-order valence-electron chi connectivity index (χ3n) is 3.42. The molecule has 2 N–H and O–H groups in total. The van der Waals surface area contributed by atoms with Gasteiger partial charge in [-0.05, 0) is 31.9 Å². The van der Waals surface area contributed by atoms with Crippen LogP contribution in [0, 0.1) is 18.6 Å². The molecule has 1 aliphatic rings. The summed E-state index contributed by atoms with van der Waals surface area (Å²) in [5.41, 5.74) is 0.607. The lowest BCUT2D eigenvalue weighted by atomic mass is 10.3. The Morgan fingerprint density at radius 2 is 1.92 bits per heavy atom. The highest BCUT2D eigenvalue weighted by molar-refractivity contribution is 7.13. The highest BCUT2D eigenvalue weighted by atomic mass is 32.1. The van der Waals surface area contributed by atoms with Crippen molar-refractivity contribution >= 4 is 28.8 Å². The van der Waals surface area contributed by atoms with Crippen LogP contribution in [0.2, 0.25) is 0 Å². The number of hydrogen-bond donors (Lipinski definition) is 2. The number of carbonyl (C=O) groups excluding carboxylic acids is 2. The first-order valence-electron chi connectivity index (χ1n) is 7.44. The molecule has 8 heteroatoms. The van der Waals surface area contributed by atoms with Crippen LogP contribution in [0.25, 0.3) is 0 Å². The second-order valence-corrected chi connectivity index (χ2v) is 6.74. The quantitative estimate of drug-likeness (QED) is 0.870. The van der Waals surface area contributed by atoms with Gasteiger partial charge in [0, 0.05) is 17.8 Å². The Labute approximate surface area is 141 Å². The van der Waals surface area contributed by atoms with Gasteiger partial charge in [-0.15, -0.1) is 11.3 Å². The van der Waals surface area contributed by atoms with Crippen molar-refractivity contribution in [1.82, 2.24) is 10.3 Å². The number of aryl methyl sites for hydroxylation is 1. The number of halogens is 2. The van der Waals surface area contributed by atoms with Crippen LogP contribution in [0.4, 0.5) is 14.5 Å². The zero-order valence-electron chi connectivity index (χ0n) is 12.9. The molecule has 0 unspecified atom stereocenters. The molecule has 24 heavy (non-hydrogen) atoms. The summed E-state index contributed by atoms with van der Waals surface area (Å²) in [4.78, 5) is 28.8. The van der Waals surface area contributed by atoms with Crippen molar-refractivity contribution in [3.8, 4) is 0 Å². The number of amides is 2. The largest absolute Gasteiger partial charge is 0.349 e. The molecule has 126 valence electrons. The maximum absolute atomic E-state index is 13.1. The summed E-state index contributed by atoms with van der Waals surface area (Å²) < 4.78 is 26.2. The number of benzene rings is 1. The number of nitrogens with zero attached hydrogens (tertiary/aromatic N) is 1. The molecular weight excluding hydrogens is 336 g/mol. The molecule has 1 aliphatic carbocycles. The molecule has 0 spiro atoms. The van der Waals surface area contributed by atoms with Gasteiger partial charge in [0.25, 0.3) is 5.91 Å². The number of anilines is 1. The highest BCUT2D eigenvalue weighted by Crippen LogP contribution is 2.23. The second-order valence-electron chi connectivity index (χ2n) is 5.65. The Morgan fingerprint density at radius 1 is 1.25 bits per heavy atom. The number of hydrogen-bond acceptors (Lipinski definition) is 4. The molecule has 2 aromatic rings. The first-order chi connectivity index (χ1) is 11.4. The summed E-state index contributed by atoms with van der Waals surface area (Å²) in [6.45, 7) is 1.71. The Balaban J connectivity index is 1.64. The van der Waals surface area contributed by atoms with E-state index in [0.29, 0.717) is 15.6 Å². The number of thiazole rings is 1. The minimum atomic E-state index is -0.769. The highest BCUT2D eigenvalue weighted by Gasteiger charge is 2.26. The number of aromatic nitrogens is 1. The van der Waals surface area contributed by atoms with E-state index in [1.54, 1.807) is 6.92 Å². The van der Waals surface area contributed by atoms with Crippen LogP contribution in [0.5, 0.6) is 0 Å². The van der Waals surface area contributed by atoms with E-state index in [1.807, 2.05) is 0 Å². The van der Waals surface area contributed by atoms with E-state index < -0.39 is 17.5 Å². The van der Waals surface area contributed by atoms with Crippen LogP contribution < -0.4 is 10.6 Å². The SMILES string of the molecule is Cc1nc(CC(=O)Nc2cc(F)cc(F)c2)sc1C(=O)NC1CC1. The zero-order valence-corrected chi connectivity index (χ0v) is 13.7. The summed E-state index contributed by atoms with van der Waals surface area (Å²) in [5, 5.41) is 5.77. The van der Waals surface area contributed by atoms with Gasteiger partial charge < -0.3 is 10.6 Å². The lowest BCUT2D eigenvalue weighted by molar-refractivity contribution is -0.115. The molecule has 0 aliphatic heterocycles. The van der Waals surface area contributed by atoms with Crippen LogP contribution >= 0.6 is 11.3 Å². The smallest absolute Gasteiger partial charge is 0.263 e. The normalized spacial score (nSPS) is 13.6.